The molecule has 1 amide bonds. The van der Waals surface area contributed by atoms with Crippen LogP contribution in [-0.2, 0) is 0 Å². The highest BCUT2D eigenvalue weighted by molar-refractivity contribution is 7.16. The summed E-state index contributed by atoms with van der Waals surface area (Å²) in [4.78, 5) is 25.0. The van der Waals surface area contributed by atoms with Gasteiger partial charge in [0.15, 0.2) is 10.8 Å². The second-order valence-electron chi connectivity index (χ2n) is 5.00. The third kappa shape index (κ3) is 4.57. The largest absolute Gasteiger partial charge is 0.393 e. The number of carbonyl (C=O) groups excluding carboxylic acids is 1. The molecule has 2 aromatic heterocycles. The van der Waals surface area contributed by atoms with Gasteiger partial charge in [-0.05, 0) is 25.3 Å². The Kier molecular flexibility index (Phi) is 5.35. The first kappa shape index (κ1) is 15.5. The van der Waals surface area contributed by atoms with Crippen molar-refractivity contribution in [3.63, 3.8) is 0 Å². The highest BCUT2D eigenvalue weighted by atomic mass is 32.1. The van der Waals surface area contributed by atoms with Crippen molar-refractivity contribution in [3.8, 4) is 10.8 Å². The Morgan fingerprint density at radius 2 is 2.05 bits per heavy atom. The molecule has 112 valence electrons. The molecule has 2 N–H and O–H groups in total. The average Bonchev–Trinajstić information content (AvgIpc) is 2.95. The maximum absolute atomic E-state index is 12.0. The molecule has 2 aromatic rings. The van der Waals surface area contributed by atoms with E-state index in [9.17, 15) is 9.90 Å². The quantitative estimate of drug-likeness (QED) is 0.848. The van der Waals surface area contributed by atoms with Gasteiger partial charge in [-0.1, -0.05) is 6.92 Å². The van der Waals surface area contributed by atoms with Gasteiger partial charge in [-0.2, -0.15) is 0 Å². The van der Waals surface area contributed by atoms with Crippen molar-refractivity contribution >= 4 is 17.2 Å². The van der Waals surface area contributed by atoms with Crippen LogP contribution in [0.1, 0.15) is 29.9 Å². The van der Waals surface area contributed by atoms with E-state index in [1.54, 1.807) is 25.4 Å². The molecule has 21 heavy (non-hydrogen) atoms. The summed E-state index contributed by atoms with van der Waals surface area (Å²) >= 11 is 1.26. The van der Waals surface area contributed by atoms with Gasteiger partial charge in [0, 0.05) is 18.9 Å². The number of hydrogen-bond donors (Lipinski definition) is 2. The number of aromatic nitrogens is 3. The van der Waals surface area contributed by atoms with E-state index in [2.05, 4.69) is 20.3 Å². The summed E-state index contributed by atoms with van der Waals surface area (Å²) in [5.74, 6) is 0.579. The zero-order valence-corrected chi connectivity index (χ0v) is 12.8. The molecular weight excluding hydrogens is 288 g/mol. The third-order valence-corrected chi connectivity index (χ3v) is 3.83. The molecule has 0 aliphatic carbocycles. The lowest BCUT2D eigenvalue weighted by atomic mass is 10.0. The zero-order valence-electron chi connectivity index (χ0n) is 12.0. The van der Waals surface area contributed by atoms with Crippen LogP contribution >= 0.6 is 11.3 Å². The van der Waals surface area contributed by atoms with Crippen LogP contribution in [0.3, 0.4) is 0 Å². The normalized spacial score (nSPS) is 13.7. The number of carbonyl (C=O) groups is 1. The Morgan fingerprint density at radius 3 is 2.71 bits per heavy atom. The first-order valence-corrected chi connectivity index (χ1v) is 7.57. The van der Waals surface area contributed by atoms with Crippen LogP contribution < -0.4 is 5.32 Å². The van der Waals surface area contributed by atoms with E-state index in [1.807, 2.05) is 6.92 Å². The number of thiazole rings is 1. The molecule has 0 spiro atoms. The van der Waals surface area contributed by atoms with E-state index in [0.717, 1.165) is 0 Å². The van der Waals surface area contributed by atoms with Crippen molar-refractivity contribution in [2.75, 3.05) is 6.54 Å². The van der Waals surface area contributed by atoms with Gasteiger partial charge in [0.1, 0.15) is 4.88 Å². The highest BCUT2D eigenvalue weighted by Gasteiger charge is 2.14. The SMILES string of the molecule is CC(O)CC(C)CNC(=O)c1cnc(-c2ncccn2)s1. The standard InChI is InChI=1S/C14H18N4O2S/c1-9(6-10(2)19)7-17-13(20)11-8-18-14(21-11)12-15-4-3-5-16-12/h3-5,8-10,19H,6-7H2,1-2H3,(H,17,20). The van der Waals surface area contributed by atoms with Gasteiger partial charge in [-0.3, -0.25) is 4.79 Å². The van der Waals surface area contributed by atoms with Gasteiger partial charge in [-0.15, -0.1) is 11.3 Å². The lowest BCUT2D eigenvalue weighted by molar-refractivity contribution is 0.0943. The summed E-state index contributed by atoms with van der Waals surface area (Å²) < 4.78 is 0. The molecule has 0 bridgehead atoms. The monoisotopic (exact) mass is 306 g/mol. The van der Waals surface area contributed by atoms with Crippen molar-refractivity contribution in [2.24, 2.45) is 5.92 Å². The van der Waals surface area contributed by atoms with Crippen LogP contribution in [0, 0.1) is 5.92 Å². The molecule has 7 heteroatoms. The number of aliphatic hydroxyl groups is 1. The summed E-state index contributed by atoms with van der Waals surface area (Å²) in [5.41, 5.74) is 0. The molecule has 0 aromatic carbocycles. The van der Waals surface area contributed by atoms with E-state index in [-0.39, 0.29) is 17.9 Å². The van der Waals surface area contributed by atoms with Gasteiger partial charge >= 0.3 is 0 Å². The second kappa shape index (κ2) is 7.24. The summed E-state index contributed by atoms with van der Waals surface area (Å²) in [5, 5.41) is 12.8. The molecular formula is C14H18N4O2S. The molecule has 2 rings (SSSR count). The predicted octanol–water partition coefficient (Wildman–Crippen LogP) is 1.74. The predicted molar refractivity (Wildman–Crippen MR) is 80.9 cm³/mol. The van der Waals surface area contributed by atoms with Gasteiger partial charge in [0.25, 0.3) is 5.91 Å². The van der Waals surface area contributed by atoms with Crippen LogP contribution in [-0.4, -0.2) is 38.6 Å². The van der Waals surface area contributed by atoms with Crippen molar-refractivity contribution < 1.29 is 9.90 Å². The third-order valence-electron chi connectivity index (χ3n) is 2.84. The number of amides is 1. The maximum atomic E-state index is 12.0. The Labute approximate surface area is 127 Å². The van der Waals surface area contributed by atoms with E-state index >= 15 is 0 Å². The van der Waals surface area contributed by atoms with E-state index in [1.165, 1.54) is 17.5 Å². The number of rotatable bonds is 6. The molecule has 0 aliphatic heterocycles. The van der Waals surface area contributed by atoms with Crippen LogP contribution in [0.2, 0.25) is 0 Å². The topological polar surface area (TPSA) is 88.0 Å². The minimum absolute atomic E-state index is 0.160. The second-order valence-corrected chi connectivity index (χ2v) is 6.03. The number of aliphatic hydroxyl groups excluding tert-OH is 1. The lowest BCUT2D eigenvalue weighted by Crippen LogP contribution is -2.28. The van der Waals surface area contributed by atoms with Gasteiger partial charge in [0.05, 0.1) is 12.3 Å². The Morgan fingerprint density at radius 1 is 1.33 bits per heavy atom. The minimum atomic E-state index is -0.359. The molecule has 6 nitrogen and oxygen atoms in total. The molecule has 0 aliphatic rings. The van der Waals surface area contributed by atoms with E-state index < -0.39 is 0 Å². The van der Waals surface area contributed by atoms with Gasteiger partial charge < -0.3 is 10.4 Å². The van der Waals surface area contributed by atoms with Crippen LogP contribution in [0.5, 0.6) is 0 Å². The molecule has 2 unspecified atom stereocenters. The van der Waals surface area contributed by atoms with Crippen molar-refractivity contribution in [1.82, 2.24) is 20.3 Å². The van der Waals surface area contributed by atoms with Gasteiger partial charge in [-0.25, -0.2) is 15.0 Å². The molecule has 2 atom stereocenters. The van der Waals surface area contributed by atoms with Crippen molar-refractivity contribution in [1.29, 1.82) is 0 Å². The molecule has 0 radical (unpaired) electrons. The molecule has 0 fully saturated rings. The fourth-order valence-electron chi connectivity index (χ4n) is 1.91. The number of nitrogens with zero attached hydrogens (tertiary/aromatic N) is 3. The number of hydrogen-bond acceptors (Lipinski definition) is 6. The average molecular weight is 306 g/mol. The van der Waals surface area contributed by atoms with E-state index in [0.29, 0.717) is 28.7 Å². The first-order chi connectivity index (χ1) is 10.1. The molecule has 0 saturated carbocycles. The van der Waals surface area contributed by atoms with Crippen molar-refractivity contribution in [3.05, 3.63) is 29.5 Å². The van der Waals surface area contributed by atoms with E-state index in [4.69, 9.17) is 0 Å². The fraction of sp³-hybridized carbons (Fsp3) is 0.429. The Hall–Kier alpha value is -1.86. The molecule has 0 saturated heterocycles. The van der Waals surface area contributed by atoms with Crippen LogP contribution in [0.4, 0.5) is 0 Å². The highest BCUT2D eigenvalue weighted by Crippen LogP contribution is 2.21. The fourth-order valence-corrected chi connectivity index (χ4v) is 2.69. The first-order valence-electron chi connectivity index (χ1n) is 6.75. The smallest absolute Gasteiger partial charge is 0.263 e. The maximum Gasteiger partial charge on any atom is 0.263 e. The summed E-state index contributed by atoms with van der Waals surface area (Å²) in [6, 6.07) is 1.73. The summed E-state index contributed by atoms with van der Waals surface area (Å²) in [7, 11) is 0. The Balaban J connectivity index is 1.93. The number of nitrogens with one attached hydrogen (secondary N) is 1. The Bertz CT molecular complexity index is 586. The van der Waals surface area contributed by atoms with Crippen molar-refractivity contribution in [2.45, 2.75) is 26.4 Å². The molecule has 2 heterocycles. The zero-order chi connectivity index (χ0) is 15.2. The summed E-state index contributed by atoms with van der Waals surface area (Å²) in [6.45, 7) is 4.26. The minimum Gasteiger partial charge on any atom is -0.393 e. The summed E-state index contributed by atoms with van der Waals surface area (Å²) in [6.07, 6.45) is 5.11. The van der Waals surface area contributed by atoms with Crippen LogP contribution in [0.25, 0.3) is 10.8 Å². The van der Waals surface area contributed by atoms with Crippen LogP contribution in [0.15, 0.2) is 24.7 Å². The van der Waals surface area contributed by atoms with Gasteiger partial charge in [0.2, 0.25) is 0 Å². The lowest BCUT2D eigenvalue weighted by Gasteiger charge is -2.13.